The second-order valence-corrected chi connectivity index (χ2v) is 7.69. The Labute approximate surface area is 170 Å². The van der Waals surface area contributed by atoms with Crippen molar-refractivity contribution in [1.29, 1.82) is 0 Å². The topological polar surface area (TPSA) is 102 Å². The van der Waals surface area contributed by atoms with Crippen LogP contribution in [0.25, 0.3) is 5.82 Å². The first-order valence-corrected chi connectivity index (χ1v) is 10.1. The number of nitrogens with one attached hydrogen (secondary N) is 2. The molecule has 2 N–H and O–H groups in total. The lowest BCUT2D eigenvalue weighted by atomic mass is 10.3. The maximum Gasteiger partial charge on any atom is 0.267 e. The van der Waals surface area contributed by atoms with Crippen molar-refractivity contribution in [2.75, 3.05) is 10.0 Å². The van der Waals surface area contributed by atoms with Gasteiger partial charge in [0.25, 0.3) is 10.0 Å². The average molecular weight is 428 g/mol. The van der Waals surface area contributed by atoms with Crippen molar-refractivity contribution in [1.82, 2.24) is 19.7 Å². The van der Waals surface area contributed by atoms with Gasteiger partial charge in [0, 0.05) is 29.8 Å². The molecule has 2 heterocycles. The molecule has 11 heteroatoms. The van der Waals surface area contributed by atoms with Crippen LogP contribution in [0.4, 0.5) is 26.0 Å². The van der Waals surface area contributed by atoms with Crippen LogP contribution in [-0.4, -0.2) is 28.2 Å². The highest BCUT2D eigenvalue weighted by molar-refractivity contribution is 7.92. The van der Waals surface area contributed by atoms with E-state index in [2.05, 4.69) is 25.1 Å². The van der Waals surface area contributed by atoms with Gasteiger partial charge in [-0.25, -0.2) is 31.8 Å². The number of hydrogen-bond acceptors (Lipinski definition) is 6. The number of rotatable bonds is 6. The predicted octanol–water partition coefficient (Wildman–Crippen LogP) is 3.48. The third kappa shape index (κ3) is 4.10. The molecule has 0 aliphatic heterocycles. The molecule has 30 heavy (non-hydrogen) atoms. The van der Waals surface area contributed by atoms with Gasteiger partial charge in [-0.3, -0.25) is 4.72 Å². The van der Waals surface area contributed by atoms with Crippen LogP contribution in [0.5, 0.6) is 0 Å². The van der Waals surface area contributed by atoms with E-state index < -0.39 is 26.6 Å². The number of nitrogens with zero attached hydrogens (tertiary/aromatic N) is 4. The van der Waals surface area contributed by atoms with Crippen molar-refractivity contribution < 1.29 is 17.2 Å². The number of aromatic nitrogens is 4. The molecule has 152 valence electrons. The minimum Gasteiger partial charge on any atom is -0.340 e. The van der Waals surface area contributed by atoms with Crippen molar-refractivity contribution >= 4 is 27.2 Å². The maximum atomic E-state index is 13.8. The zero-order valence-electron chi connectivity index (χ0n) is 15.2. The summed E-state index contributed by atoms with van der Waals surface area (Å²) >= 11 is 0. The van der Waals surface area contributed by atoms with Gasteiger partial charge in [0.15, 0.2) is 10.7 Å². The average Bonchev–Trinajstić information content (AvgIpc) is 3.24. The molecule has 0 saturated carbocycles. The SMILES string of the molecule is O=S(=O)(Nc1ccc(Nc2cc(-n3cccn3)ncn2)cc1)c1c(F)cccc1F. The van der Waals surface area contributed by atoms with E-state index >= 15 is 0 Å². The van der Waals surface area contributed by atoms with Crippen LogP contribution in [0.1, 0.15) is 0 Å². The Bertz CT molecular complexity index is 1260. The highest BCUT2D eigenvalue weighted by atomic mass is 32.2. The van der Waals surface area contributed by atoms with Gasteiger partial charge in [0.1, 0.15) is 23.8 Å². The lowest BCUT2D eigenvalue weighted by Gasteiger charge is -2.11. The van der Waals surface area contributed by atoms with E-state index in [0.29, 0.717) is 17.3 Å². The molecular formula is C19H14F2N6O2S. The van der Waals surface area contributed by atoms with E-state index in [0.717, 1.165) is 18.2 Å². The predicted molar refractivity (Wildman–Crippen MR) is 106 cm³/mol. The second kappa shape index (κ2) is 7.87. The molecule has 0 spiro atoms. The van der Waals surface area contributed by atoms with Crippen LogP contribution in [0, 0.1) is 11.6 Å². The summed E-state index contributed by atoms with van der Waals surface area (Å²) in [5, 5.41) is 7.15. The van der Waals surface area contributed by atoms with Gasteiger partial charge >= 0.3 is 0 Å². The quantitative estimate of drug-likeness (QED) is 0.488. The minimum absolute atomic E-state index is 0.142. The Morgan fingerprint density at radius 2 is 1.60 bits per heavy atom. The van der Waals surface area contributed by atoms with Gasteiger partial charge in [-0.05, 0) is 42.5 Å². The van der Waals surface area contributed by atoms with Crippen LogP contribution in [0.3, 0.4) is 0 Å². The third-order valence-electron chi connectivity index (χ3n) is 3.99. The molecule has 0 saturated heterocycles. The van der Waals surface area contributed by atoms with Gasteiger partial charge in [-0.1, -0.05) is 6.07 Å². The summed E-state index contributed by atoms with van der Waals surface area (Å²) in [6.45, 7) is 0. The highest BCUT2D eigenvalue weighted by Gasteiger charge is 2.23. The first-order valence-electron chi connectivity index (χ1n) is 8.58. The van der Waals surface area contributed by atoms with Crippen LogP contribution >= 0.6 is 0 Å². The van der Waals surface area contributed by atoms with E-state index in [1.165, 1.54) is 18.5 Å². The summed E-state index contributed by atoms with van der Waals surface area (Å²) in [7, 11) is -4.43. The Morgan fingerprint density at radius 1 is 0.900 bits per heavy atom. The van der Waals surface area contributed by atoms with Crippen molar-refractivity contribution in [3.63, 3.8) is 0 Å². The normalized spacial score (nSPS) is 11.3. The molecule has 2 aromatic heterocycles. The monoisotopic (exact) mass is 428 g/mol. The Hall–Kier alpha value is -3.86. The molecule has 0 aliphatic carbocycles. The number of sulfonamides is 1. The maximum absolute atomic E-state index is 13.8. The van der Waals surface area contributed by atoms with E-state index in [1.807, 2.05) is 0 Å². The number of hydrogen-bond donors (Lipinski definition) is 2. The zero-order chi connectivity index (χ0) is 21.1. The Kier molecular flexibility index (Phi) is 5.11. The molecule has 0 radical (unpaired) electrons. The zero-order valence-corrected chi connectivity index (χ0v) is 16.0. The number of halogens is 2. The molecule has 0 atom stereocenters. The Morgan fingerprint density at radius 3 is 2.27 bits per heavy atom. The Balaban J connectivity index is 1.51. The molecule has 4 rings (SSSR count). The first kappa shape index (κ1) is 19.5. The van der Waals surface area contributed by atoms with Gasteiger partial charge in [-0.2, -0.15) is 5.10 Å². The van der Waals surface area contributed by atoms with E-state index in [-0.39, 0.29) is 5.69 Å². The third-order valence-corrected chi connectivity index (χ3v) is 5.42. The fourth-order valence-electron chi connectivity index (χ4n) is 2.66. The summed E-state index contributed by atoms with van der Waals surface area (Å²) in [6, 6.07) is 12.4. The van der Waals surface area contributed by atoms with Crippen molar-refractivity contribution in [3.05, 3.63) is 85.0 Å². The van der Waals surface area contributed by atoms with Gasteiger partial charge in [0.05, 0.1) is 0 Å². The smallest absolute Gasteiger partial charge is 0.267 e. The fourth-order valence-corrected chi connectivity index (χ4v) is 3.86. The van der Waals surface area contributed by atoms with E-state index in [9.17, 15) is 17.2 Å². The minimum atomic E-state index is -4.43. The molecule has 0 aliphatic rings. The van der Waals surface area contributed by atoms with Crippen LogP contribution in [0.15, 0.2) is 78.2 Å². The van der Waals surface area contributed by atoms with Gasteiger partial charge < -0.3 is 5.32 Å². The van der Waals surface area contributed by atoms with Gasteiger partial charge in [-0.15, -0.1) is 0 Å². The molecule has 8 nitrogen and oxygen atoms in total. The molecule has 2 aromatic carbocycles. The fraction of sp³-hybridized carbons (Fsp3) is 0. The summed E-state index contributed by atoms with van der Waals surface area (Å²) < 4.78 is 56.0. The van der Waals surface area contributed by atoms with E-state index in [4.69, 9.17) is 0 Å². The molecule has 0 unspecified atom stereocenters. The van der Waals surface area contributed by atoms with Crippen molar-refractivity contribution in [2.24, 2.45) is 0 Å². The lowest BCUT2D eigenvalue weighted by molar-refractivity contribution is 0.521. The number of anilines is 3. The highest BCUT2D eigenvalue weighted by Crippen LogP contribution is 2.23. The summed E-state index contributed by atoms with van der Waals surface area (Å²) in [5.41, 5.74) is 0.753. The lowest BCUT2D eigenvalue weighted by Crippen LogP contribution is -2.16. The number of benzene rings is 2. The van der Waals surface area contributed by atoms with Crippen LogP contribution < -0.4 is 10.0 Å². The van der Waals surface area contributed by atoms with Crippen molar-refractivity contribution in [2.45, 2.75) is 4.90 Å². The van der Waals surface area contributed by atoms with Crippen LogP contribution in [-0.2, 0) is 10.0 Å². The van der Waals surface area contributed by atoms with Crippen LogP contribution in [0.2, 0.25) is 0 Å². The largest absolute Gasteiger partial charge is 0.340 e. The first-order chi connectivity index (χ1) is 14.4. The van der Waals surface area contributed by atoms with Gasteiger partial charge in [0.2, 0.25) is 0 Å². The molecule has 4 aromatic rings. The standard InChI is InChI=1S/C19H14F2N6O2S/c20-15-3-1-4-16(21)19(15)30(28,29)26-14-7-5-13(6-8-14)25-17-11-18(23-12-22-17)27-10-2-9-24-27/h1-12,26H,(H,22,23,25). The molecular weight excluding hydrogens is 414 g/mol. The molecule has 0 amide bonds. The van der Waals surface area contributed by atoms with Crippen molar-refractivity contribution in [3.8, 4) is 5.82 Å². The summed E-state index contributed by atoms with van der Waals surface area (Å²) in [4.78, 5) is 7.23. The molecule has 0 bridgehead atoms. The molecule has 0 fully saturated rings. The van der Waals surface area contributed by atoms with E-state index in [1.54, 1.807) is 41.3 Å². The summed E-state index contributed by atoms with van der Waals surface area (Å²) in [5.74, 6) is -1.28. The summed E-state index contributed by atoms with van der Waals surface area (Å²) in [6.07, 6.45) is 4.75. The second-order valence-electron chi connectivity index (χ2n) is 6.07.